The van der Waals surface area contributed by atoms with Gasteiger partial charge in [-0.2, -0.15) is 0 Å². The summed E-state index contributed by atoms with van der Waals surface area (Å²) in [5, 5.41) is 9.46. The zero-order valence-corrected chi connectivity index (χ0v) is 69.9. The summed E-state index contributed by atoms with van der Waals surface area (Å²) in [5.41, 5.74) is 8.86. The Bertz CT molecular complexity index is 5210. The first-order valence-electron chi connectivity index (χ1n) is 39.6. The van der Waals surface area contributed by atoms with Gasteiger partial charge in [0.1, 0.15) is 17.9 Å². The first-order valence-corrected chi connectivity index (χ1v) is 45.0. The van der Waals surface area contributed by atoms with E-state index in [0.717, 1.165) is 34.3 Å². The van der Waals surface area contributed by atoms with E-state index in [2.05, 4.69) is 63.8 Å². The number of aliphatic hydroxyl groups excluding tert-OH is 1. The highest BCUT2D eigenvalue weighted by molar-refractivity contribution is 7.99. The molecule has 8 bridgehead atoms. The number of esters is 1. The number of aromatic amines is 3. The van der Waals surface area contributed by atoms with Crippen molar-refractivity contribution in [1.82, 2.24) is 15.0 Å². The van der Waals surface area contributed by atoms with E-state index >= 15 is 0 Å². The molecule has 620 valence electrons. The van der Waals surface area contributed by atoms with Gasteiger partial charge in [-0.3, -0.25) is 0 Å². The molecule has 20 unspecified atom stereocenters. The third kappa shape index (κ3) is 16.2. The Morgan fingerprint density at radius 2 is 0.803 bits per heavy atom. The van der Waals surface area contributed by atoms with Crippen LogP contribution in [0, 0.1) is 11.8 Å². The van der Waals surface area contributed by atoms with Gasteiger partial charge in [-0.15, -0.1) is 4.33 Å². The molecule has 6 fully saturated rings. The normalized spacial score (nSPS) is 32.6. The van der Waals surface area contributed by atoms with Crippen LogP contribution in [0.15, 0.2) is 245 Å². The lowest BCUT2D eigenvalue weighted by molar-refractivity contribution is -0.148. The molecule has 28 heteroatoms. The van der Waals surface area contributed by atoms with Crippen molar-refractivity contribution >= 4 is 47.5 Å². The fraction of sp³-hybridized carbons (Fsp3) is 0.427. The van der Waals surface area contributed by atoms with Gasteiger partial charge in [0, 0.05) is 88.6 Å². The summed E-state index contributed by atoms with van der Waals surface area (Å²) in [6.45, 7) is 21.5. The smallest absolute Gasteiger partial charge is 0.355 e. The van der Waals surface area contributed by atoms with Gasteiger partial charge in [-0.1, -0.05) is 146 Å². The maximum atomic E-state index is 13.8. The van der Waals surface area contributed by atoms with Crippen LogP contribution in [-0.4, -0.2) is 158 Å². The number of ether oxygens (including phenoxy) is 11. The van der Waals surface area contributed by atoms with Gasteiger partial charge in [0.15, 0.2) is 64.2 Å². The van der Waals surface area contributed by atoms with E-state index in [1.165, 1.54) is 64.1 Å². The number of aliphatic hydroxyl groups is 1. The van der Waals surface area contributed by atoms with Crippen molar-refractivity contribution in [3.8, 4) is 5.75 Å². The first-order chi connectivity index (χ1) is 55.8. The molecular formula is C89H99N3O21S4. The van der Waals surface area contributed by atoms with Gasteiger partial charge in [0.25, 0.3) is 0 Å². The molecule has 4 N–H and O–H groups in total. The first kappa shape index (κ1) is 82.6. The number of H-pyrrole nitrogens is 3. The number of para-hydroxylation sites is 1. The second-order valence-electron chi connectivity index (χ2n) is 33.2. The summed E-state index contributed by atoms with van der Waals surface area (Å²) in [6.07, 6.45) is 32.8. The molecule has 7 aromatic rings. The molecule has 4 aromatic carbocycles. The number of hydrogen-bond acceptors (Lipinski definition) is 22. The Balaban J connectivity index is 0.000000108. The van der Waals surface area contributed by atoms with E-state index < -0.39 is 93.0 Å². The Morgan fingerprint density at radius 1 is 0.436 bits per heavy atom. The number of carbonyl (C=O) groups excluding carboxylic acids is 1. The predicted octanol–water partition coefficient (Wildman–Crippen LogP) is 14.8. The average molecular weight is 1680 g/mol. The fourth-order valence-corrected chi connectivity index (χ4v) is 25.5. The number of sulfone groups is 3. The van der Waals surface area contributed by atoms with Gasteiger partial charge in [0.05, 0.1) is 99.3 Å². The molecule has 5 saturated heterocycles. The Kier molecular flexibility index (Phi) is 22.7. The summed E-state index contributed by atoms with van der Waals surface area (Å²) < 4.78 is 149. The molecule has 0 radical (unpaired) electrons. The van der Waals surface area contributed by atoms with Crippen molar-refractivity contribution < 1.29 is 96.5 Å². The second-order valence-corrected chi connectivity index (χ2v) is 39.8. The van der Waals surface area contributed by atoms with Crippen LogP contribution in [-0.2, 0) is 92.6 Å². The zero-order valence-electron chi connectivity index (χ0n) is 66.6. The highest BCUT2D eigenvalue weighted by atomic mass is 32.2. The molecule has 117 heavy (non-hydrogen) atoms. The Hall–Kier alpha value is -8.11. The second kappa shape index (κ2) is 32.1. The van der Waals surface area contributed by atoms with E-state index in [1.807, 2.05) is 105 Å². The number of nitrogens with one attached hydrogen (secondary N) is 3. The van der Waals surface area contributed by atoms with Crippen molar-refractivity contribution in [3.63, 3.8) is 0 Å². The Labute approximate surface area is 686 Å². The van der Waals surface area contributed by atoms with Crippen molar-refractivity contribution in [2.75, 3.05) is 6.61 Å². The number of rotatable bonds is 13. The van der Waals surface area contributed by atoms with Crippen LogP contribution in [0.4, 0.5) is 0 Å². The van der Waals surface area contributed by atoms with Crippen molar-refractivity contribution in [1.29, 1.82) is 0 Å². The van der Waals surface area contributed by atoms with Crippen LogP contribution in [0.2, 0.25) is 0 Å². The molecule has 20 atom stereocenters. The lowest BCUT2D eigenvalue weighted by Gasteiger charge is -2.48. The van der Waals surface area contributed by atoms with Crippen molar-refractivity contribution in [3.05, 3.63) is 275 Å². The SMILES string of the molecule is CC1(C)OC2C3C=CC(C2O1)C(S(=O)(=O)c1ccccc1)C3S(=O)(=O)c1ccccc1.CC1(C)OC2C3C=CC(c4c3c[nH]c4CO)C2O1.CC1(C)OC2C3C=CC(c4c[nH]cc43)C2O1.CC1(C)OC2C=CC=CC2O1.CCOC(=O)c1[nH]cc2c1C1C=CC2C2OC(C)(C)OC12.O=S(=O)(/C=C/SOOc1ccccc1)c1ccccc1. The maximum Gasteiger partial charge on any atom is 0.355 e. The zero-order chi connectivity index (χ0) is 82.4. The molecular weight excluding hydrogens is 1580 g/mol. The molecule has 1 saturated carbocycles. The van der Waals surface area contributed by atoms with Crippen LogP contribution in [0.25, 0.3) is 0 Å². The summed E-state index contributed by atoms with van der Waals surface area (Å²) in [7, 11) is -11.4. The van der Waals surface area contributed by atoms with Crippen LogP contribution >= 0.6 is 12.0 Å². The third-order valence-electron chi connectivity index (χ3n) is 23.3. The minimum atomic E-state index is -3.98. The van der Waals surface area contributed by atoms with Gasteiger partial charge >= 0.3 is 5.97 Å². The molecule has 8 heterocycles. The number of fused-ring (bicyclic) bond motifs is 2. The minimum absolute atomic E-state index is 0.0216. The number of aromatic nitrogens is 3. The van der Waals surface area contributed by atoms with Crippen molar-refractivity contribution in [2.24, 2.45) is 11.8 Å². The molecule has 13 aliphatic carbocycles. The lowest BCUT2D eigenvalue weighted by Crippen LogP contribution is -2.63. The topological polar surface area (TPSA) is 307 Å². The van der Waals surface area contributed by atoms with Gasteiger partial charge in [-0.25, -0.2) is 30.0 Å². The van der Waals surface area contributed by atoms with E-state index in [-0.39, 0.29) is 99.8 Å². The summed E-state index contributed by atoms with van der Waals surface area (Å²) >= 11 is 0.788. The molecule has 0 amide bonds. The highest BCUT2D eigenvalue weighted by Gasteiger charge is 2.66. The van der Waals surface area contributed by atoms with Crippen LogP contribution in [0.1, 0.15) is 161 Å². The molecule has 24 nitrogen and oxygen atoms in total. The number of hydrogen-bond donors (Lipinski definition) is 4. The predicted molar refractivity (Wildman–Crippen MR) is 435 cm³/mol. The lowest BCUT2D eigenvalue weighted by atomic mass is 9.69. The van der Waals surface area contributed by atoms with E-state index in [0.29, 0.717) is 29.9 Å². The fourth-order valence-electron chi connectivity index (χ4n) is 18.9. The van der Waals surface area contributed by atoms with Gasteiger partial charge < -0.3 is 77.1 Å². The van der Waals surface area contributed by atoms with E-state index in [4.69, 9.17) is 61.3 Å². The number of benzene rings is 4. The van der Waals surface area contributed by atoms with Gasteiger partial charge in [-0.05, 0) is 158 Å². The van der Waals surface area contributed by atoms with Crippen LogP contribution in [0.3, 0.4) is 0 Å². The molecule has 18 aliphatic rings. The summed E-state index contributed by atoms with van der Waals surface area (Å²) in [6, 6.07) is 33.2. The standard InChI is InChI=1S/C23H24O6S2.C16H19NO4.C14H17NO3.C14H12O4S2.C13H15NO2.C9H12O2/c1-23(2)28-19-17-13-14-18(20(19)29-23)22(31(26,27)16-11-7-4-8-12-16)21(17)30(24,25)15-9-5-3-6-10-15;1-4-19-15(18)12-11-9-6-5-8(10(11)7-17-12)13-14(9)21-16(2,3)20-13;1-14(2)17-12-7-3-4-8(13(12)18-14)11-9(7)5-15-10(11)6-16;15-20(16,14-9-5-2-6-10-14)12-11-19-18-17-13-7-3-1-4-8-13;1-13(2)15-11-7-3-4-8(12(11)16-13)10-6-14-5-9(7)10;1-9(2)10-7-5-3-4-6-8(7)11-9/h3-14,17-22H,1-2H3;5-9,13-14,17H,4H2,1-3H3;3-5,7-8,12-13,15-16H,6H2,1-2H3;1-12H;3-8,11-12,14H,1-2H3;3-8H,1-2H3/b;;;12-11+;;. The van der Waals surface area contributed by atoms with E-state index in [9.17, 15) is 35.2 Å². The molecule has 25 rings (SSSR count). The maximum absolute atomic E-state index is 13.8. The summed E-state index contributed by atoms with van der Waals surface area (Å²) in [5.74, 6) is -2.54. The van der Waals surface area contributed by atoms with Crippen LogP contribution < -0.4 is 4.89 Å². The highest BCUT2D eigenvalue weighted by Crippen LogP contribution is 2.58. The molecule has 0 spiro atoms. The molecule has 3 aromatic heterocycles. The third-order valence-corrected chi connectivity index (χ3v) is 30.0. The average Bonchev–Trinajstić information content (AvgIpc) is 1.67. The van der Waals surface area contributed by atoms with Crippen LogP contribution in [0.5, 0.6) is 5.75 Å². The van der Waals surface area contributed by atoms with E-state index in [1.54, 1.807) is 105 Å². The number of carbonyl (C=O) groups is 1. The Morgan fingerprint density at radius 3 is 1.24 bits per heavy atom. The molecule has 5 aliphatic heterocycles. The monoisotopic (exact) mass is 1670 g/mol. The summed E-state index contributed by atoms with van der Waals surface area (Å²) in [4.78, 5) is 27.0. The quantitative estimate of drug-likeness (QED) is 0.0208. The van der Waals surface area contributed by atoms with Gasteiger partial charge in [0.2, 0.25) is 0 Å². The number of allylic oxidation sites excluding steroid dienone is 2. The minimum Gasteiger partial charge on any atom is -0.461 e. The largest absolute Gasteiger partial charge is 0.461 e. The van der Waals surface area contributed by atoms with Crippen molar-refractivity contribution in [2.45, 2.75) is 233 Å².